The monoisotopic (exact) mass is 298 g/mol. The van der Waals surface area contributed by atoms with Crippen LogP contribution in [0.5, 0.6) is 0 Å². The quantitative estimate of drug-likeness (QED) is 0.926. The Labute approximate surface area is 129 Å². The molecule has 22 heavy (non-hydrogen) atoms. The highest BCUT2D eigenvalue weighted by Gasteiger charge is 2.34. The molecule has 1 saturated heterocycles. The Balaban J connectivity index is 1.79. The Morgan fingerprint density at radius 3 is 2.59 bits per heavy atom. The Morgan fingerprint density at radius 2 is 1.91 bits per heavy atom. The standard InChI is InChI=1S/C18H19FN2O/c1-12-9-14(7-8-16(12)19)18(22)21-10-15(17(20)11-21)13-5-3-2-4-6-13/h2-9,15,17H,10-11,20H2,1H3/t15-,17+/m0/s1. The van der Waals surface area contributed by atoms with Crippen molar-refractivity contribution in [1.82, 2.24) is 4.90 Å². The fourth-order valence-electron chi connectivity index (χ4n) is 3.01. The van der Waals surface area contributed by atoms with E-state index >= 15 is 0 Å². The van der Waals surface area contributed by atoms with Crippen LogP contribution in [0.2, 0.25) is 0 Å². The maximum atomic E-state index is 13.3. The van der Waals surface area contributed by atoms with E-state index in [-0.39, 0.29) is 23.7 Å². The van der Waals surface area contributed by atoms with Crippen LogP contribution in [0.15, 0.2) is 48.5 Å². The number of aryl methyl sites for hydroxylation is 1. The van der Waals surface area contributed by atoms with Gasteiger partial charge >= 0.3 is 0 Å². The maximum absolute atomic E-state index is 13.3. The van der Waals surface area contributed by atoms with Crippen LogP contribution < -0.4 is 5.73 Å². The van der Waals surface area contributed by atoms with Crippen LogP contribution in [0, 0.1) is 12.7 Å². The fraction of sp³-hybridized carbons (Fsp3) is 0.278. The Hall–Kier alpha value is -2.20. The number of carbonyl (C=O) groups excluding carboxylic acids is 1. The topological polar surface area (TPSA) is 46.3 Å². The molecule has 3 rings (SSSR count). The summed E-state index contributed by atoms with van der Waals surface area (Å²) in [6.07, 6.45) is 0. The van der Waals surface area contributed by atoms with Crippen molar-refractivity contribution in [1.29, 1.82) is 0 Å². The largest absolute Gasteiger partial charge is 0.336 e. The summed E-state index contributed by atoms with van der Waals surface area (Å²) in [7, 11) is 0. The summed E-state index contributed by atoms with van der Waals surface area (Å²) in [4.78, 5) is 14.3. The van der Waals surface area contributed by atoms with Gasteiger partial charge in [0.2, 0.25) is 0 Å². The molecule has 0 spiro atoms. The number of rotatable bonds is 2. The SMILES string of the molecule is Cc1cc(C(=O)N2C[C@@H](N)[C@H](c3ccccc3)C2)ccc1F. The third-order valence-electron chi connectivity index (χ3n) is 4.28. The van der Waals surface area contributed by atoms with E-state index in [0.29, 0.717) is 24.2 Å². The molecule has 0 saturated carbocycles. The second-order valence-corrected chi connectivity index (χ2v) is 5.86. The van der Waals surface area contributed by atoms with Crippen molar-refractivity contribution in [3.63, 3.8) is 0 Å². The van der Waals surface area contributed by atoms with Crippen LogP contribution in [-0.2, 0) is 0 Å². The molecule has 114 valence electrons. The smallest absolute Gasteiger partial charge is 0.253 e. The molecule has 1 fully saturated rings. The Kier molecular flexibility index (Phi) is 3.94. The van der Waals surface area contributed by atoms with E-state index in [1.54, 1.807) is 17.9 Å². The third kappa shape index (κ3) is 2.74. The molecule has 4 heteroatoms. The normalized spacial score (nSPS) is 21.1. The summed E-state index contributed by atoms with van der Waals surface area (Å²) in [6, 6.07) is 14.4. The van der Waals surface area contributed by atoms with E-state index in [4.69, 9.17) is 5.73 Å². The number of amides is 1. The number of hydrogen-bond acceptors (Lipinski definition) is 2. The second-order valence-electron chi connectivity index (χ2n) is 5.86. The van der Waals surface area contributed by atoms with Crippen molar-refractivity contribution in [2.24, 2.45) is 5.73 Å². The third-order valence-corrected chi connectivity index (χ3v) is 4.28. The molecule has 0 radical (unpaired) electrons. The van der Waals surface area contributed by atoms with Crippen LogP contribution in [0.4, 0.5) is 4.39 Å². The summed E-state index contributed by atoms with van der Waals surface area (Å²) in [6.45, 7) is 2.78. The average Bonchev–Trinajstić information content (AvgIpc) is 2.92. The van der Waals surface area contributed by atoms with Crippen molar-refractivity contribution < 1.29 is 9.18 Å². The molecule has 1 aliphatic rings. The van der Waals surface area contributed by atoms with Crippen LogP contribution in [0.1, 0.15) is 27.4 Å². The summed E-state index contributed by atoms with van der Waals surface area (Å²) < 4.78 is 13.3. The number of benzene rings is 2. The van der Waals surface area contributed by atoms with Gasteiger partial charge in [-0.05, 0) is 36.2 Å². The predicted octanol–water partition coefficient (Wildman–Crippen LogP) is 2.70. The predicted molar refractivity (Wildman–Crippen MR) is 84.2 cm³/mol. The summed E-state index contributed by atoms with van der Waals surface area (Å²) in [5.74, 6) is -0.236. The van der Waals surface area contributed by atoms with Gasteiger partial charge in [-0.15, -0.1) is 0 Å². The minimum absolute atomic E-state index is 0.0760. The van der Waals surface area contributed by atoms with E-state index < -0.39 is 0 Å². The lowest BCUT2D eigenvalue weighted by atomic mass is 9.95. The highest BCUT2D eigenvalue weighted by molar-refractivity contribution is 5.94. The van der Waals surface area contributed by atoms with Gasteiger partial charge in [0.05, 0.1) is 0 Å². The van der Waals surface area contributed by atoms with Crippen LogP contribution in [-0.4, -0.2) is 29.9 Å². The van der Waals surface area contributed by atoms with Gasteiger partial charge in [-0.25, -0.2) is 4.39 Å². The molecular weight excluding hydrogens is 279 g/mol. The number of hydrogen-bond donors (Lipinski definition) is 1. The molecule has 2 aromatic carbocycles. The van der Waals surface area contributed by atoms with E-state index in [9.17, 15) is 9.18 Å². The molecule has 0 aliphatic carbocycles. The van der Waals surface area contributed by atoms with E-state index in [2.05, 4.69) is 0 Å². The highest BCUT2D eigenvalue weighted by atomic mass is 19.1. The van der Waals surface area contributed by atoms with E-state index in [0.717, 1.165) is 5.56 Å². The number of nitrogens with two attached hydrogens (primary N) is 1. The van der Waals surface area contributed by atoms with Crippen LogP contribution in [0.25, 0.3) is 0 Å². The summed E-state index contributed by atoms with van der Waals surface area (Å²) in [5, 5.41) is 0. The van der Waals surface area contributed by atoms with Crippen molar-refractivity contribution in [3.8, 4) is 0 Å². The van der Waals surface area contributed by atoms with Crippen LogP contribution >= 0.6 is 0 Å². The number of nitrogens with zero attached hydrogens (tertiary/aromatic N) is 1. The zero-order chi connectivity index (χ0) is 15.7. The van der Waals surface area contributed by atoms with Crippen LogP contribution in [0.3, 0.4) is 0 Å². The van der Waals surface area contributed by atoms with Gasteiger partial charge in [-0.3, -0.25) is 4.79 Å². The minimum atomic E-state index is -0.295. The van der Waals surface area contributed by atoms with Crippen molar-refractivity contribution in [2.45, 2.75) is 18.9 Å². The molecule has 3 nitrogen and oxygen atoms in total. The number of halogens is 1. The first-order valence-corrected chi connectivity index (χ1v) is 7.42. The lowest BCUT2D eigenvalue weighted by Crippen LogP contribution is -2.32. The molecule has 2 atom stereocenters. The first-order chi connectivity index (χ1) is 10.6. The molecule has 1 heterocycles. The number of likely N-dealkylation sites (tertiary alicyclic amines) is 1. The molecular formula is C18H19FN2O. The molecule has 1 aliphatic heterocycles. The highest BCUT2D eigenvalue weighted by Crippen LogP contribution is 2.27. The zero-order valence-electron chi connectivity index (χ0n) is 12.5. The van der Waals surface area contributed by atoms with Gasteiger partial charge in [0.15, 0.2) is 0 Å². The van der Waals surface area contributed by atoms with Crippen molar-refractivity contribution >= 4 is 5.91 Å². The lowest BCUT2D eigenvalue weighted by Gasteiger charge is -2.17. The average molecular weight is 298 g/mol. The summed E-state index contributed by atoms with van der Waals surface area (Å²) in [5.41, 5.74) is 8.36. The van der Waals surface area contributed by atoms with Crippen molar-refractivity contribution in [3.05, 3.63) is 71.0 Å². The summed E-state index contributed by atoms with van der Waals surface area (Å²) >= 11 is 0. The van der Waals surface area contributed by atoms with Gasteiger partial charge in [0.1, 0.15) is 5.82 Å². The zero-order valence-corrected chi connectivity index (χ0v) is 12.5. The fourth-order valence-corrected chi connectivity index (χ4v) is 3.01. The van der Waals surface area contributed by atoms with E-state index in [1.807, 2.05) is 30.3 Å². The van der Waals surface area contributed by atoms with Gasteiger partial charge < -0.3 is 10.6 Å². The first-order valence-electron chi connectivity index (χ1n) is 7.42. The van der Waals surface area contributed by atoms with Gasteiger partial charge in [-0.1, -0.05) is 30.3 Å². The molecule has 2 aromatic rings. The molecule has 0 unspecified atom stereocenters. The number of carbonyl (C=O) groups is 1. The van der Waals surface area contributed by atoms with Crippen molar-refractivity contribution in [2.75, 3.05) is 13.1 Å². The van der Waals surface area contributed by atoms with E-state index in [1.165, 1.54) is 12.1 Å². The molecule has 0 aromatic heterocycles. The van der Waals surface area contributed by atoms with Gasteiger partial charge in [0, 0.05) is 30.6 Å². The Morgan fingerprint density at radius 1 is 1.18 bits per heavy atom. The Bertz CT molecular complexity index is 687. The molecule has 1 amide bonds. The lowest BCUT2D eigenvalue weighted by molar-refractivity contribution is 0.0789. The maximum Gasteiger partial charge on any atom is 0.253 e. The van der Waals surface area contributed by atoms with Gasteiger partial charge in [-0.2, -0.15) is 0 Å². The van der Waals surface area contributed by atoms with Gasteiger partial charge in [0.25, 0.3) is 5.91 Å². The first kappa shape index (κ1) is 14.7. The molecule has 2 N–H and O–H groups in total. The molecule has 0 bridgehead atoms. The minimum Gasteiger partial charge on any atom is -0.336 e. The second kappa shape index (κ2) is 5.89.